The normalized spacial score (nSPS) is 12.1. The molecule has 0 radical (unpaired) electrons. The second-order valence-electron chi connectivity index (χ2n) is 4.29. The second kappa shape index (κ2) is 4.44. The fourth-order valence-electron chi connectivity index (χ4n) is 1.74. The quantitative estimate of drug-likeness (QED) is 0.671. The Bertz CT molecular complexity index is 566. The zero-order valence-corrected chi connectivity index (χ0v) is 11.4. The Hall–Kier alpha value is -0.840. The number of halogens is 1. The van der Waals surface area contributed by atoms with E-state index < -0.39 is 5.60 Å². The van der Waals surface area contributed by atoms with Crippen LogP contribution < -0.4 is 0 Å². The molecule has 0 aromatic carbocycles. The van der Waals surface area contributed by atoms with E-state index in [1.807, 2.05) is 6.26 Å². The Morgan fingerprint density at radius 3 is 2.53 bits per heavy atom. The molecular formula is C12H13ClN2OS. The molecule has 2 rings (SSSR count). The van der Waals surface area contributed by atoms with Crippen molar-refractivity contribution in [2.24, 2.45) is 0 Å². The molecule has 17 heavy (non-hydrogen) atoms. The molecule has 2 aromatic rings. The van der Waals surface area contributed by atoms with Gasteiger partial charge in [-0.3, -0.25) is 0 Å². The number of hydrogen-bond acceptors (Lipinski definition) is 4. The Morgan fingerprint density at radius 2 is 1.94 bits per heavy atom. The molecule has 0 atom stereocenters. The number of fused-ring (bicyclic) bond motifs is 1. The number of pyridine rings is 2. The van der Waals surface area contributed by atoms with Gasteiger partial charge < -0.3 is 5.11 Å². The molecule has 0 fully saturated rings. The van der Waals surface area contributed by atoms with E-state index >= 15 is 0 Å². The molecule has 0 aliphatic rings. The van der Waals surface area contributed by atoms with Gasteiger partial charge in [0.1, 0.15) is 10.2 Å². The maximum atomic E-state index is 10.1. The van der Waals surface area contributed by atoms with Crippen LogP contribution in [0.2, 0.25) is 5.15 Å². The SMILES string of the molecule is CSc1ncc(C(C)(C)O)c2cc(Cl)ncc12. The van der Waals surface area contributed by atoms with Crippen molar-refractivity contribution in [3.05, 3.63) is 29.2 Å². The number of hydrogen-bond donors (Lipinski definition) is 1. The molecule has 0 saturated heterocycles. The number of rotatable bonds is 2. The van der Waals surface area contributed by atoms with Gasteiger partial charge in [0, 0.05) is 23.3 Å². The van der Waals surface area contributed by atoms with Crippen molar-refractivity contribution in [1.82, 2.24) is 9.97 Å². The first-order chi connectivity index (χ1) is 7.93. The highest BCUT2D eigenvalue weighted by Gasteiger charge is 2.21. The van der Waals surface area contributed by atoms with Gasteiger partial charge in [-0.15, -0.1) is 11.8 Å². The van der Waals surface area contributed by atoms with Crippen molar-refractivity contribution in [2.75, 3.05) is 6.26 Å². The van der Waals surface area contributed by atoms with Crippen LogP contribution in [0.25, 0.3) is 10.8 Å². The third-order valence-electron chi connectivity index (χ3n) is 2.55. The van der Waals surface area contributed by atoms with Crippen LogP contribution in [-0.4, -0.2) is 21.3 Å². The lowest BCUT2D eigenvalue weighted by Gasteiger charge is -2.20. The predicted molar refractivity (Wildman–Crippen MR) is 71.6 cm³/mol. The summed E-state index contributed by atoms with van der Waals surface area (Å²) in [5.74, 6) is 0. The minimum absolute atomic E-state index is 0.418. The molecule has 5 heteroatoms. The van der Waals surface area contributed by atoms with E-state index in [2.05, 4.69) is 9.97 Å². The van der Waals surface area contributed by atoms with Gasteiger partial charge in [0.2, 0.25) is 0 Å². The number of aromatic nitrogens is 2. The molecule has 0 saturated carbocycles. The Labute approximate surface area is 109 Å². The Kier molecular flexibility index (Phi) is 3.30. The maximum absolute atomic E-state index is 10.1. The summed E-state index contributed by atoms with van der Waals surface area (Å²) < 4.78 is 0. The molecule has 0 aliphatic heterocycles. The van der Waals surface area contributed by atoms with E-state index in [1.165, 1.54) is 0 Å². The van der Waals surface area contributed by atoms with Crippen molar-refractivity contribution in [1.29, 1.82) is 0 Å². The van der Waals surface area contributed by atoms with E-state index in [1.54, 1.807) is 44.1 Å². The summed E-state index contributed by atoms with van der Waals surface area (Å²) in [4.78, 5) is 8.41. The molecule has 0 amide bonds. The molecule has 0 spiro atoms. The van der Waals surface area contributed by atoms with Gasteiger partial charge in [0.05, 0.1) is 5.60 Å². The molecule has 2 heterocycles. The van der Waals surface area contributed by atoms with E-state index in [9.17, 15) is 5.11 Å². The fraction of sp³-hybridized carbons (Fsp3) is 0.333. The van der Waals surface area contributed by atoms with Crippen molar-refractivity contribution in [2.45, 2.75) is 24.5 Å². The fourth-order valence-corrected chi connectivity index (χ4v) is 2.43. The van der Waals surface area contributed by atoms with Crippen LogP contribution in [0, 0.1) is 0 Å². The van der Waals surface area contributed by atoms with Gasteiger partial charge in [-0.1, -0.05) is 11.6 Å². The molecule has 1 N–H and O–H groups in total. The molecule has 2 aromatic heterocycles. The molecule has 0 bridgehead atoms. The van der Waals surface area contributed by atoms with Gasteiger partial charge in [-0.05, 0) is 31.6 Å². The maximum Gasteiger partial charge on any atom is 0.129 e. The summed E-state index contributed by atoms with van der Waals surface area (Å²) >= 11 is 7.46. The summed E-state index contributed by atoms with van der Waals surface area (Å²) in [5, 5.41) is 13.3. The van der Waals surface area contributed by atoms with E-state index in [0.717, 1.165) is 21.4 Å². The largest absolute Gasteiger partial charge is 0.386 e. The van der Waals surface area contributed by atoms with Crippen LogP contribution in [-0.2, 0) is 5.60 Å². The van der Waals surface area contributed by atoms with Crippen molar-refractivity contribution in [3.63, 3.8) is 0 Å². The van der Waals surface area contributed by atoms with Crippen molar-refractivity contribution < 1.29 is 5.11 Å². The van der Waals surface area contributed by atoms with Crippen LogP contribution >= 0.6 is 23.4 Å². The molecule has 0 unspecified atom stereocenters. The lowest BCUT2D eigenvalue weighted by Crippen LogP contribution is -2.16. The minimum Gasteiger partial charge on any atom is -0.386 e. The number of thioether (sulfide) groups is 1. The summed E-state index contributed by atoms with van der Waals surface area (Å²) in [7, 11) is 0. The van der Waals surface area contributed by atoms with Crippen LogP contribution in [0.5, 0.6) is 0 Å². The monoisotopic (exact) mass is 268 g/mol. The van der Waals surface area contributed by atoms with Gasteiger partial charge in [-0.2, -0.15) is 0 Å². The molecule has 3 nitrogen and oxygen atoms in total. The Balaban J connectivity index is 2.84. The topological polar surface area (TPSA) is 46.0 Å². The standard InChI is InChI=1S/C12H13ClN2OS/c1-12(2,16)9-6-15-11(17-3)8-5-14-10(13)4-7(8)9/h4-6,16H,1-3H3. The first-order valence-electron chi connectivity index (χ1n) is 5.14. The van der Waals surface area contributed by atoms with Gasteiger partial charge in [-0.25, -0.2) is 9.97 Å². The summed E-state index contributed by atoms with van der Waals surface area (Å²) in [6, 6.07) is 1.77. The lowest BCUT2D eigenvalue weighted by atomic mass is 9.96. The van der Waals surface area contributed by atoms with Crippen LogP contribution in [0.1, 0.15) is 19.4 Å². The van der Waals surface area contributed by atoms with Gasteiger partial charge >= 0.3 is 0 Å². The zero-order valence-electron chi connectivity index (χ0n) is 9.86. The third kappa shape index (κ3) is 2.39. The highest BCUT2D eigenvalue weighted by molar-refractivity contribution is 7.98. The van der Waals surface area contributed by atoms with Crippen molar-refractivity contribution >= 4 is 34.1 Å². The second-order valence-corrected chi connectivity index (χ2v) is 5.47. The van der Waals surface area contributed by atoms with E-state index in [-0.39, 0.29) is 0 Å². The summed E-state index contributed by atoms with van der Waals surface area (Å²) in [5.41, 5.74) is -0.193. The smallest absolute Gasteiger partial charge is 0.129 e. The predicted octanol–water partition coefficient (Wildman–Crippen LogP) is 3.23. The third-order valence-corrected chi connectivity index (χ3v) is 3.47. The van der Waals surface area contributed by atoms with Crippen LogP contribution in [0.3, 0.4) is 0 Å². The van der Waals surface area contributed by atoms with E-state index in [4.69, 9.17) is 11.6 Å². The Morgan fingerprint density at radius 1 is 1.24 bits per heavy atom. The van der Waals surface area contributed by atoms with Gasteiger partial charge in [0.15, 0.2) is 0 Å². The zero-order chi connectivity index (χ0) is 12.6. The first kappa shape index (κ1) is 12.6. The molecule has 90 valence electrons. The molecule has 0 aliphatic carbocycles. The molecular weight excluding hydrogens is 256 g/mol. The summed E-state index contributed by atoms with van der Waals surface area (Å²) in [6.45, 7) is 3.47. The number of nitrogens with zero attached hydrogens (tertiary/aromatic N) is 2. The van der Waals surface area contributed by atoms with Gasteiger partial charge in [0.25, 0.3) is 0 Å². The highest BCUT2D eigenvalue weighted by atomic mass is 35.5. The van der Waals surface area contributed by atoms with E-state index in [0.29, 0.717) is 5.15 Å². The average Bonchev–Trinajstić information content (AvgIpc) is 2.25. The van der Waals surface area contributed by atoms with Crippen molar-refractivity contribution in [3.8, 4) is 0 Å². The average molecular weight is 269 g/mol. The number of aliphatic hydroxyl groups is 1. The minimum atomic E-state index is -0.952. The highest BCUT2D eigenvalue weighted by Crippen LogP contribution is 2.32. The first-order valence-corrected chi connectivity index (χ1v) is 6.75. The summed E-state index contributed by atoms with van der Waals surface area (Å²) in [6.07, 6.45) is 5.36. The van der Waals surface area contributed by atoms with Crippen LogP contribution in [0.4, 0.5) is 0 Å². The van der Waals surface area contributed by atoms with Crippen LogP contribution in [0.15, 0.2) is 23.5 Å². The lowest BCUT2D eigenvalue weighted by molar-refractivity contribution is 0.0798.